The monoisotopic (exact) mass is 278 g/mol. The molecule has 1 aromatic rings. The molecule has 3 N–H and O–H groups in total. The summed E-state index contributed by atoms with van der Waals surface area (Å²) < 4.78 is 0. The second-order valence-electron chi connectivity index (χ2n) is 5.11. The van der Waals surface area contributed by atoms with E-state index < -0.39 is 0 Å². The first-order chi connectivity index (χ1) is 9.63. The van der Waals surface area contributed by atoms with Crippen molar-refractivity contribution in [2.24, 2.45) is 11.8 Å². The SMILES string of the molecule is CC(C(=O)NN)C(C)N1CCN(c2ncccn2)CC1. The van der Waals surface area contributed by atoms with Crippen molar-refractivity contribution in [3.05, 3.63) is 18.5 Å². The largest absolute Gasteiger partial charge is 0.338 e. The number of nitrogens with zero attached hydrogens (tertiary/aromatic N) is 4. The number of carbonyl (C=O) groups is 1. The minimum absolute atomic E-state index is 0.119. The van der Waals surface area contributed by atoms with E-state index in [4.69, 9.17) is 5.84 Å². The van der Waals surface area contributed by atoms with Gasteiger partial charge in [0.05, 0.1) is 5.92 Å². The van der Waals surface area contributed by atoms with E-state index in [1.807, 2.05) is 13.0 Å². The number of nitrogens with two attached hydrogens (primary N) is 1. The highest BCUT2D eigenvalue weighted by atomic mass is 16.2. The van der Waals surface area contributed by atoms with Crippen molar-refractivity contribution in [2.45, 2.75) is 19.9 Å². The standard InChI is InChI=1S/C13H22N6O/c1-10(12(20)17-14)11(2)18-6-8-19(9-7-18)13-15-4-3-5-16-13/h3-5,10-11H,6-9,14H2,1-2H3,(H,17,20). The molecule has 0 spiro atoms. The van der Waals surface area contributed by atoms with Gasteiger partial charge in [0, 0.05) is 44.6 Å². The Bertz CT molecular complexity index is 432. The Morgan fingerprint density at radius 3 is 2.40 bits per heavy atom. The van der Waals surface area contributed by atoms with E-state index in [-0.39, 0.29) is 17.9 Å². The van der Waals surface area contributed by atoms with Crippen molar-refractivity contribution in [1.29, 1.82) is 0 Å². The van der Waals surface area contributed by atoms with Gasteiger partial charge in [-0.15, -0.1) is 0 Å². The fourth-order valence-electron chi connectivity index (χ4n) is 2.45. The number of anilines is 1. The van der Waals surface area contributed by atoms with E-state index in [0.29, 0.717) is 0 Å². The molecule has 1 aliphatic rings. The van der Waals surface area contributed by atoms with Crippen LogP contribution in [0.4, 0.5) is 5.95 Å². The number of nitrogens with one attached hydrogen (secondary N) is 1. The van der Waals surface area contributed by atoms with Crippen molar-refractivity contribution in [3.8, 4) is 0 Å². The molecule has 2 heterocycles. The zero-order valence-electron chi connectivity index (χ0n) is 12.0. The Kier molecular flexibility index (Phi) is 4.86. The van der Waals surface area contributed by atoms with Gasteiger partial charge in [-0.3, -0.25) is 15.1 Å². The molecule has 2 rings (SSSR count). The highest BCUT2D eigenvalue weighted by Gasteiger charge is 2.28. The molecule has 0 bridgehead atoms. The first-order valence-electron chi connectivity index (χ1n) is 6.90. The van der Waals surface area contributed by atoms with E-state index in [1.54, 1.807) is 12.4 Å². The lowest BCUT2D eigenvalue weighted by Gasteiger charge is -2.39. The second-order valence-corrected chi connectivity index (χ2v) is 5.11. The lowest BCUT2D eigenvalue weighted by molar-refractivity contribution is -0.126. The average Bonchev–Trinajstić information content (AvgIpc) is 2.53. The van der Waals surface area contributed by atoms with Gasteiger partial charge >= 0.3 is 0 Å². The maximum atomic E-state index is 11.6. The fraction of sp³-hybridized carbons (Fsp3) is 0.615. The summed E-state index contributed by atoms with van der Waals surface area (Å²) in [6.07, 6.45) is 3.51. The lowest BCUT2D eigenvalue weighted by Crippen LogP contribution is -2.53. The quantitative estimate of drug-likeness (QED) is 0.443. The normalized spacial score (nSPS) is 19.4. The van der Waals surface area contributed by atoms with Gasteiger partial charge in [-0.25, -0.2) is 15.8 Å². The van der Waals surface area contributed by atoms with E-state index in [9.17, 15) is 4.79 Å². The topological polar surface area (TPSA) is 87.4 Å². The van der Waals surface area contributed by atoms with Crippen molar-refractivity contribution in [1.82, 2.24) is 20.3 Å². The van der Waals surface area contributed by atoms with Crippen LogP contribution in [-0.2, 0) is 4.79 Å². The van der Waals surface area contributed by atoms with Crippen LogP contribution in [0.15, 0.2) is 18.5 Å². The van der Waals surface area contributed by atoms with Crippen LogP contribution in [0.25, 0.3) is 0 Å². The number of carbonyl (C=O) groups excluding carboxylic acids is 1. The van der Waals surface area contributed by atoms with E-state index in [2.05, 4.69) is 32.1 Å². The minimum Gasteiger partial charge on any atom is -0.338 e. The van der Waals surface area contributed by atoms with Crippen LogP contribution >= 0.6 is 0 Å². The van der Waals surface area contributed by atoms with Crippen molar-refractivity contribution < 1.29 is 4.79 Å². The van der Waals surface area contributed by atoms with Gasteiger partial charge in [0.25, 0.3) is 0 Å². The van der Waals surface area contributed by atoms with Gasteiger partial charge in [0.2, 0.25) is 11.9 Å². The van der Waals surface area contributed by atoms with Crippen LogP contribution in [0.1, 0.15) is 13.8 Å². The molecule has 1 fully saturated rings. The van der Waals surface area contributed by atoms with Gasteiger partial charge in [-0.05, 0) is 13.0 Å². The molecule has 1 amide bonds. The molecule has 2 atom stereocenters. The Hall–Kier alpha value is -1.73. The number of amides is 1. The van der Waals surface area contributed by atoms with Crippen LogP contribution in [0.3, 0.4) is 0 Å². The Morgan fingerprint density at radius 2 is 1.85 bits per heavy atom. The molecule has 20 heavy (non-hydrogen) atoms. The molecule has 1 aromatic heterocycles. The predicted octanol–water partition coefficient (Wildman–Crippen LogP) is -0.387. The van der Waals surface area contributed by atoms with Gasteiger partial charge in [0.1, 0.15) is 0 Å². The average molecular weight is 278 g/mol. The third-order valence-corrected chi connectivity index (χ3v) is 4.00. The number of hydrogen-bond donors (Lipinski definition) is 2. The summed E-state index contributed by atoms with van der Waals surface area (Å²) >= 11 is 0. The van der Waals surface area contributed by atoms with Gasteiger partial charge in [-0.2, -0.15) is 0 Å². The third-order valence-electron chi connectivity index (χ3n) is 4.00. The fourth-order valence-corrected chi connectivity index (χ4v) is 2.45. The van der Waals surface area contributed by atoms with Gasteiger partial charge < -0.3 is 4.90 Å². The number of hydrogen-bond acceptors (Lipinski definition) is 6. The molecule has 7 heteroatoms. The highest BCUT2D eigenvalue weighted by molar-refractivity contribution is 5.78. The smallest absolute Gasteiger partial charge is 0.238 e. The third kappa shape index (κ3) is 3.23. The summed E-state index contributed by atoms with van der Waals surface area (Å²) in [7, 11) is 0. The van der Waals surface area contributed by atoms with Gasteiger partial charge in [-0.1, -0.05) is 6.92 Å². The summed E-state index contributed by atoms with van der Waals surface area (Å²) in [6, 6.07) is 1.98. The molecule has 0 aromatic carbocycles. The lowest BCUT2D eigenvalue weighted by atomic mass is 10.0. The highest BCUT2D eigenvalue weighted by Crippen LogP contribution is 2.16. The first-order valence-corrected chi connectivity index (χ1v) is 6.90. The molecule has 0 radical (unpaired) electrons. The van der Waals surface area contributed by atoms with Crippen molar-refractivity contribution in [2.75, 3.05) is 31.1 Å². The molecular weight excluding hydrogens is 256 g/mol. The summed E-state index contributed by atoms with van der Waals surface area (Å²) in [5.41, 5.74) is 2.22. The Balaban J connectivity index is 1.89. The Morgan fingerprint density at radius 1 is 1.25 bits per heavy atom. The predicted molar refractivity (Wildman–Crippen MR) is 76.8 cm³/mol. The second kappa shape index (κ2) is 6.62. The molecule has 7 nitrogen and oxygen atoms in total. The zero-order chi connectivity index (χ0) is 14.5. The van der Waals surface area contributed by atoms with Crippen LogP contribution in [0.2, 0.25) is 0 Å². The maximum Gasteiger partial charge on any atom is 0.238 e. The minimum atomic E-state index is -0.125. The molecule has 0 aliphatic carbocycles. The zero-order valence-corrected chi connectivity index (χ0v) is 12.0. The molecular formula is C13H22N6O. The summed E-state index contributed by atoms with van der Waals surface area (Å²) in [4.78, 5) is 24.6. The van der Waals surface area contributed by atoms with E-state index in [1.165, 1.54) is 0 Å². The van der Waals surface area contributed by atoms with Crippen molar-refractivity contribution in [3.63, 3.8) is 0 Å². The molecule has 2 unspecified atom stereocenters. The van der Waals surface area contributed by atoms with E-state index >= 15 is 0 Å². The number of hydrazine groups is 1. The molecule has 110 valence electrons. The summed E-state index contributed by atoms with van der Waals surface area (Å²) in [5.74, 6) is 5.72. The van der Waals surface area contributed by atoms with Gasteiger partial charge in [0.15, 0.2) is 0 Å². The van der Waals surface area contributed by atoms with Crippen LogP contribution in [0, 0.1) is 5.92 Å². The van der Waals surface area contributed by atoms with Crippen molar-refractivity contribution >= 4 is 11.9 Å². The molecule has 1 aliphatic heterocycles. The summed E-state index contributed by atoms with van der Waals surface area (Å²) in [5, 5.41) is 0. The van der Waals surface area contributed by atoms with Crippen LogP contribution in [0.5, 0.6) is 0 Å². The maximum absolute atomic E-state index is 11.6. The number of piperazine rings is 1. The number of rotatable bonds is 4. The summed E-state index contributed by atoms with van der Waals surface area (Å²) in [6.45, 7) is 7.48. The Labute approximate surface area is 119 Å². The van der Waals surface area contributed by atoms with Crippen LogP contribution in [-0.4, -0.2) is 53.0 Å². The van der Waals surface area contributed by atoms with Crippen LogP contribution < -0.4 is 16.2 Å². The number of aromatic nitrogens is 2. The molecule has 1 saturated heterocycles. The van der Waals surface area contributed by atoms with E-state index in [0.717, 1.165) is 32.1 Å². The molecule has 0 saturated carbocycles. The first kappa shape index (κ1) is 14.7.